The van der Waals surface area contributed by atoms with E-state index in [0.717, 1.165) is 35.3 Å². The van der Waals surface area contributed by atoms with Gasteiger partial charge in [-0.2, -0.15) is 15.0 Å². The van der Waals surface area contributed by atoms with Crippen LogP contribution >= 0.6 is 35.3 Å². The number of aliphatic carboxylic acids is 1. The highest BCUT2D eigenvalue weighted by atomic mass is 32.2. The molecule has 15 amide bonds. The zero-order valence-corrected chi connectivity index (χ0v) is 52.3. The Morgan fingerprint density at radius 3 is 0.935 bits per heavy atom. The van der Waals surface area contributed by atoms with Gasteiger partial charge in [0.1, 0.15) is 12.1 Å². The number of anilines is 3. The van der Waals surface area contributed by atoms with Crippen LogP contribution in [0.2, 0.25) is 0 Å². The van der Waals surface area contributed by atoms with E-state index in [4.69, 9.17) is 20.7 Å². The van der Waals surface area contributed by atoms with Crippen LogP contribution in [0.25, 0.3) is 0 Å². The summed E-state index contributed by atoms with van der Waals surface area (Å²) in [5, 5.41) is 37.1. The fraction of sp³-hybridized carbons (Fsp3) is 0.620. The molecule has 1 aromatic rings. The van der Waals surface area contributed by atoms with E-state index in [9.17, 15) is 81.8 Å². The number of nitrogens with two attached hydrogens (primary N) is 1. The predicted molar refractivity (Wildman–Crippen MR) is 328 cm³/mol. The Morgan fingerprint density at radius 2 is 0.609 bits per heavy atom. The Labute approximate surface area is 537 Å². The van der Waals surface area contributed by atoms with Crippen molar-refractivity contribution in [1.82, 2.24) is 93.5 Å². The summed E-state index contributed by atoms with van der Waals surface area (Å²) in [5.74, 6) is -12.2. The highest BCUT2D eigenvalue weighted by Gasteiger charge is 2.32. The number of aromatic nitrogens is 3. The summed E-state index contributed by atoms with van der Waals surface area (Å²) >= 11 is 3.06. The molecule has 10 heterocycles. The number of piperazine rings is 3. The Morgan fingerprint density at radius 1 is 0.348 bits per heavy atom. The molecule has 0 aromatic carbocycles. The van der Waals surface area contributed by atoms with Gasteiger partial charge in [-0.3, -0.25) is 71.9 Å². The minimum atomic E-state index is -1.44. The van der Waals surface area contributed by atoms with Gasteiger partial charge in [-0.15, -0.1) is 35.3 Å². The van der Waals surface area contributed by atoms with Crippen molar-refractivity contribution in [3.63, 3.8) is 0 Å². The summed E-state index contributed by atoms with van der Waals surface area (Å²) in [6.07, 6.45) is 0. The first-order valence-corrected chi connectivity index (χ1v) is 32.3. The molecule has 9 aliphatic heterocycles. The van der Waals surface area contributed by atoms with Crippen molar-refractivity contribution in [2.45, 2.75) is 18.1 Å². The van der Waals surface area contributed by atoms with Crippen LogP contribution in [0.5, 0.6) is 0 Å². The molecule has 3 fully saturated rings. The van der Waals surface area contributed by atoms with E-state index >= 15 is 0 Å². The number of thioether (sulfide) groups is 3. The Balaban J connectivity index is 1.19. The number of carboxylic acids is 1. The largest absolute Gasteiger partial charge is 0.480 e. The van der Waals surface area contributed by atoms with Crippen molar-refractivity contribution in [2.24, 2.45) is 5.73 Å². The van der Waals surface area contributed by atoms with Crippen LogP contribution in [0.15, 0.2) is 0 Å². The summed E-state index contributed by atoms with van der Waals surface area (Å²) in [6.45, 7) is -3.44. The summed E-state index contributed by atoms with van der Waals surface area (Å²) in [5.41, 5.74) is 6.05. The first kappa shape index (κ1) is 72.0. The van der Waals surface area contributed by atoms with Gasteiger partial charge in [0.2, 0.25) is 106 Å². The lowest BCUT2D eigenvalue weighted by molar-refractivity contribution is -0.141. The molecule has 0 saturated carbocycles. The molecule has 0 aliphatic carbocycles. The summed E-state index contributed by atoms with van der Waals surface area (Å²) in [6, 6.07) is -3.98. The number of hydrogen-bond acceptors (Lipinski definition) is 26. The van der Waals surface area contributed by atoms with Crippen molar-refractivity contribution < 1.29 is 81.8 Å². The maximum Gasteiger partial charge on any atom is 0.327 e. The average molecular weight is 1350 g/mol. The van der Waals surface area contributed by atoms with Crippen molar-refractivity contribution in [1.29, 1.82) is 0 Å². The third-order valence-corrected chi connectivity index (χ3v) is 17.0. The van der Waals surface area contributed by atoms with Crippen molar-refractivity contribution >= 4 is 148 Å². The van der Waals surface area contributed by atoms with Crippen LogP contribution in [0, 0.1) is 0 Å². The molecular formula is C50H74N22O17S3. The van der Waals surface area contributed by atoms with E-state index in [-0.39, 0.29) is 130 Å². The number of hydrogen-bond donors (Lipinski definition) is 14. The van der Waals surface area contributed by atoms with E-state index in [1.807, 2.05) is 14.7 Å². The summed E-state index contributed by atoms with van der Waals surface area (Å²) in [4.78, 5) is 230. The molecular weight excluding hydrogens is 1280 g/mol. The van der Waals surface area contributed by atoms with Gasteiger partial charge in [0, 0.05) is 95.8 Å². The fourth-order valence-corrected chi connectivity index (χ4v) is 11.5. The minimum absolute atomic E-state index is 0.0169. The van der Waals surface area contributed by atoms with Crippen LogP contribution in [-0.2, 0) is 76.7 Å². The first-order chi connectivity index (χ1) is 44.0. The van der Waals surface area contributed by atoms with Crippen LogP contribution in [-0.4, -0.2) is 326 Å². The molecule has 0 spiro atoms. The van der Waals surface area contributed by atoms with Crippen molar-refractivity contribution in [2.75, 3.05) is 193 Å². The molecule has 42 heteroatoms. The van der Waals surface area contributed by atoms with Gasteiger partial charge in [-0.05, 0) is 0 Å². The van der Waals surface area contributed by atoms with E-state index in [1.165, 1.54) is 0 Å². The quantitative estimate of drug-likeness (QED) is 0.124. The smallest absolute Gasteiger partial charge is 0.327 e. The van der Waals surface area contributed by atoms with Crippen LogP contribution < -0.4 is 84.2 Å². The zero-order valence-electron chi connectivity index (χ0n) is 49.8. The SMILES string of the molecule is N[C@H]1CSCC(=O)N2CCN(CC2)c2nc3nc(n2)N2CCN(CC2)C(=O)CSC[C@H](NC(=O)CNC(=O)CNC(=O)CNC(=O)CNC(=O)CNC1=O)C(=O)NCC(=O)NCC(=O)NCC(=O)NCC(=O)NCC(=O)N[C@H](C(=O)O)CSCC(=O)N1CCN3CC1. The maximum absolute atomic E-state index is 13.7. The standard InChI is InChI=1S/C50H74N22O17S3/c51-29-23-90-26-42(83)67-1-7-70(8-2-67)48-64-49-66-50(65-48)72-11-5-69(6-12-72)44(85)28-92-25-31(47(88)89)63-41(82)22-59-37(78)18-55-33(74)14-53-35(76)16-57-39(80)20-61-46(87)30(24-91-27-43(84)68-3-9-71(49)10-4-68)62-40(81)21-58-36(77)17-54-32(73)13-52-34(75)15-56-38(79)19-60-45(29)86/h29-31H,1-28,51H2,(H,52,75)(H,53,76)(H,54,73)(H,55,74)(H,56,79)(H,57,80)(H,58,77)(H,59,78)(H,60,86)(H,61,87)(H,62,81)(H,63,82)(H,88,89)/t29-,30-,31-/m0/s1. The molecule has 39 nitrogen and oxygen atoms in total. The monoisotopic (exact) mass is 1350 g/mol. The van der Waals surface area contributed by atoms with Crippen LogP contribution in [0.4, 0.5) is 17.8 Å². The second-order valence-corrected chi connectivity index (χ2v) is 23.8. The number of fused-ring (bicyclic) bond motifs is 2. The lowest BCUT2D eigenvalue weighted by Crippen LogP contribution is -2.53. The second kappa shape index (κ2) is 36.7. The molecule has 15 N–H and O–H groups in total. The number of nitrogens with one attached hydrogen (secondary N) is 12. The highest BCUT2D eigenvalue weighted by molar-refractivity contribution is 8.00. The van der Waals surface area contributed by atoms with Gasteiger partial charge in [0.25, 0.3) is 0 Å². The molecule has 0 unspecified atom stereocenters. The van der Waals surface area contributed by atoms with E-state index in [1.54, 1.807) is 14.7 Å². The number of carbonyl (C=O) groups excluding carboxylic acids is 15. The maximum atomic E-state index is 13.7. The number of carbonyl (C=O) groups is 16. The lowest BCUT2D eigenvalue weighted by atomic mass is 10.3. The van der Waals surface area contributed by atoms with Gasteiger partial charge >= 0.3 is 5.97 Å². The van der Waals surface area contributed by atoms with Gasteiger partial charge in [-0.25, -0.2) is 4.79 Å². The lowest BCUT2D eigenvalue weighted by Gasteiger charge is -2.38. The molecule has 3 saturated heterocycles. The fourth-order valence-electron chi connectivity index (χ4n) is 8.75. The average Bonchev–Trinajstić information content (AvgIpc) is 0.814. The summed E-state index contributed by atoms with van der Waals surface area (Å²) < 4.78 is 0. The van der Waals surface area contributed by atoms with Gasteiger partial charge in [0.05, 0.1) is 88.7 Å². The molecule has 10 rings (SSSR count). The molecule has 1 aromatic heterocycles. The first-order valence-electron chi connectivity index (χ1n) is 28.8. The zero-order chi connectivity index (χ0) is 66.7. The highest BCUT2D eigenvalue weighted by Crippen LogP contribution is 2.24. The minimum Gasteiger partial charge on any atom is -0.480 e. The number of rotatable bonds is 1. The topological polar surface area (TPSA) is 522 Å². The molecule has 3 atom stereocenters. The molecule has 92 heavy (non-hydrogen) atoms. The van der Waals surface area contributed by atoms with E-state index < -0.39 is 160 Å². The predicted octanol–water partition coefficient (Wildman–Crippen LogP) is -12.4. The van der Waals surface area contributed by atoms with Crippen LogP contribution in [0.1, 0.15) is 0 Å². The Bertz CT molecular complexity index is 2930. The Hall–Kier alpha value is -9.06. The third kappa shape index (κ3) is 24.6. The van der Waals surface area contributed by atoms with Gasteiger partial charge < -0.3 is 104 Å². The summed E-state index contributed by atoms with van der Waals surface area (Å²) in [7, 11) is 0. The number of carboxylic acid groups (broad SMARTS) is 1. The normalized spacial score (nSPS) is 23.4. The molecule has 9 aliphatic rings. The number of amides is 15. The van der Waals surface area contributed by atoms with E-state index in [0.29, 0.717) is 19.0 Å². The van der Waals surface area contributed by atoms with Crippen LogP contribution in [0.3, 0.4) is 0 Å². The van der Waals surface area contributed by atoms with Gasteiger partial charge in [0.15, 0.2) is 0 Å². The Kier molecular flexibility index (Phi) is 28.7. The van der Waals surface area contributed by atoms with Crippen molar-refractivity contribution in [3.8, 4) is 0 Å². The third-order valence-electron chi connectivity index (χ3n) is 13.9. The second-order valence-electron chi connectivity index (χ2n) is 20.7. The number of nitrogens with zero attached hydrogens (tertiary/aromatic N) is 9. The van der Waals surface area contributed by atoms with E-state index in [2.05, 4.69) is 63.8 Å². The molecule has 0 radical (unpaired) electrons. The molecule has 10 bridgehead atoms. The van der Waals surface area contributed by atoms with Crippen molar-refractivity contribution in [3.05, 3.63) is 0 Å². The van der Waals surface area contributed by atoms with Gasteiger partial charge in [-0.1, -0.05) is 0 Å². The molecule has 504 valence electrons.